The van der Waals surface area contributed by atoms with Gasteiger partial charge in [-0.3, -0.25) is 0 Å². The number of aromatic nitrogens is 2. The normalized spacial score (nSPS) is 10.1. The number of nitrogens with zero attached hydrogens (tertiary/aromatic N) is 2. The Labute approximate surface area is 102 Å². The van der Waals surface area contributed by atoms with E-state index in [1.54, 1.807) is 24.3 Å². The Morgan fingerprint density at radius 3 is 2.69 bits per heavy atom. The highest BCUT2D eigenvalue weighted by molar-refractivity contribution is 6.35. The van der Waals surface area contributed by atoms with Gasteiger partial charge >= 0.3 is 0 Å². The molecular formula is C10H8Cl2N4. The largest absolute Gasteiger partial charge is 0.384 e. The number of nitrogens with two attached hydrogens (primary N) is 1. The average molecular weight is 255 g/mol. The molecule has 0 atom stereocenters. The summed E-state index contributed by atoms with van der Waals surface area (Å²) < 4.78 is 0. The lowest BCUT2D eigenvalue weighted by Gasteiger charge is -2.07. The van der Waals surface area contributed by atoms with Gasteiger partial charge in [-0.2, -0.15) is 0 Å². The van der Waals surface area contributed by atoms with Gasteiger partial charge in [-0.15, -0.1) is 0 Å². The predicted molar refractivity (Wildman–Crippen MR) is 66.2 cm³/mol. The maximum absolute atomic E-state index is 5.99. The van der Waals surface area contributed by atoms with Crippen LogP contribution < -0.4 is 11.1 Å². The number of hydrogen-bond donors (Lipinski definition) is 2. The molecule has 1 aromatic heterocycles. The molecule has 0 amide bonds. The predicted octanol–water partition coefficient (Wildman–Crippen LogP) is 3.11. The Balaban J connectivity index is 2.30. The van der Waals surface area contributed by atoms with Crippen LogP contribution in [0.1, 0.15) is 0 Å². The molecular weight excluding hydrogens is 247 g/mol. The molecule has 0 saturated heterocycles. The molecule has 0 unspecified atom stereocenters. The van der Waals surface area contributed by atoms with Gasteiger partial charge in [0.1, 0.15) is 18.0 Å². The summed E-state index contributed by atoms with van der Waals surface area (Å²) in [5, 5.41) is 4.15. The van der Waals surface area contributed by atoms with Crippen molar-refractivity contribution in [2.75, 3.05) is 11.1 Å². The van der Waals surface area contributed by atoms with E-state index in [0.717, 1.165) is 0 Å². The molecule has 1 aromatic carbocycles. The van der Waals surface area contributed by atoms with Crippen LogP contribution in [0.5, 0.6) is 0 Å². The van der Waals surface area contributed by atoms with Crippen molar-refractivity contribution in [2.45, 2.75) is 0 Å². The van der Waals surface area contributed by atoms with Gasteiger partial charge in [0.05, 0.1) is 10.7 Å². The Morgan fingerprint density at radius 1 is 1.12 bits per heavy atom. The molecule has 1 heterocycles. The number of hydrogen-bond acceptors (Lipinski definition) is 4. The lowest BCUT2D eigenvalue weighted by molar-refractivity contribution is 1.18. The van der Waals surface area contributed by atoms with Crippen molar-refractivity contribution in [1.29, 1.82) is 0 Å². The average Bonchev–Trinajstić information content (AvgIpc) is 2.24. The number of benzene rings is 1. The third-order valence-electron chi connectivity index (χ3n) is 1.88. The lowest BCUT2D eigenvalue weighted by Crippen LogP contribution is -1.97. The molecule has 0 radical (unpaired) electrons. The number of halogens is 2. The number of nitrogens with one attached hydrogen (secondary N) is 1. The summed E-state index contributed by atoms with van der Waals surface area (Å²) in [5.74, 6) is 0.951. The fourth-order valence-corrected chi connectivity index (χ4v) is 1.51. The topological polar surface area (TPSA) is 63.8 Å². The van der Waals surface area contributed by atoms with Gasteiger partial charge in [-0.05, 0) is 18.2 Å². The minimum Gasteiger partial charge on any atom is -0.384 e. The molecule has 0 spiro atoms. The monoisotopic (exact) mass is 254 g/mol. The van der Waals surface area contributed by atoms with Crippen molar-refractivity contribution >= 4 is 40.5 Å². The summed E-state index contributed by atoms with van der Waals surface area (Å²) in [6, 6.07) is 6.74. The van der Waals surface area contributed by atoms with Crippen molar-refractivity contribution < 1.29 is 0 Å². The second-order valence-electron chi connectivity index (χ2n) is 3.08. The van der Waals surface area contributed by atoms with Crippen LogP contribution >= 0.6 is 23.2 Å². The highest BCUT2D eigenvalue weighted by Gasteiger charge is 2.03. The molecule has 0 aliphatic rings. The van der Waals surface area contributed by atoms with Crippen molar-refractivity contribution in [2.24, 2.45) is 0 Å². The zero-order valence-electron chi connectivity index (χ0n) is 8.11. The molecule has 0 fully saturated rings. The summed E-state index contributed by atoms with van der Waals surface area (Å²) in [4.78, 5) is 7.79. The van der Waals surface area contributed by atoms with E-state index in [-0.39, 0.29) is 0 Å². The van der Waals surface area contributed by atoms with Crippen LogP contribution in [-0.4, -0.2) is 9.97 Å². The summed E-state index contributed by atoms with van der Waals surface area (Å²) in [5.41, 5.74) is 6.20. The third kappa shape index (κ3) is 2.53. The first-order valence-electron chi connectivity index (χ1n) is 4.45. The van der Waals surface area contributed by atoms with Gasteiger partial charge in [-0.1, -0.05) is 23.2 Å². The minimum absolute atomic E-state index is 0.385. The second kappa shape index (κ2) is 4.55. The van der Waals surface area contributed by atoms with E-state index in [0.29, 0.717) is 27.4 Å². The van der Waals surface area contributed by atoms with Gasteiger partial charge in [0.2, 0.25) is 0 Å². The van der Waals surface area contributed by atoms with Gasteiger partial charge < -0.3 is 11.1 Å². The Bertz CT molecular complexity index is 516. The van der Waals surface area contributed by atoms with Crippen LogP contribution in [-0.2, 0) is 0 Å². The van der Waals surface area contributed by atoms with E-state index in [1.807, 2.05) is 0 Å². The zero-order chi connectivity index (χ0) is 11.5. The summed E-state index contributed by atoms with van der Waals surface area (Å²) in [6.45, 7) is 0. The molecule has 2 aromatic rings. The van der Waals surface area contributed by atoms with Gasteiger partial charge in [0.25, 0.3) is 0 Å². The molecule has 16 heavy (non-hydrogen) atoms. The Kier molecular flexibility index (Phi) is 3.12. The minimum atomic E-state index is 0.385. The molecule has 82 valence electrons. The van der Waals surface area contributed by atoms with E-state index in [9.17, 15) is 0 Å². The van der Waals surface area contributed by atoms with E-state index in [2.05, 4.69) is 15.3 Å². The molecule has 3 N–H and O–H groups in total. The van der Waals surface area contributed by atoms with Crippen molar-refractivity contribution in [3.8, 4) is 0 Å². The van der Waals surface area contributed by atoms with Crippen molar-refractivity contribution in [1.82, 2.24) is 9.97 Å². The Morgan fingerprint density at radius 2 is 1.94 bits per heavy atom. The highest BCUT2D eigenvalue weighted by atomic mass is 35.5. The van der Waals surface area contributed by atoms with Crippen LogP contribution in [0.4, 0.5) is 17.3 Å². The third-order valence-corrected chi connectivity index (χ3v) is 2.44. The SMILES string of the molecule is Nc1cc(Nc2cc(Cl)ccc2Cl)ncn1. The lowest BCUT2D eigenvalue weighted by atomic mass is 10.3. The van der Waals surface area contributed by atoms with E-state index in [1.165, 1.54) is 6.33 Å². The number of nitrogen functional groups attached to an aromatic ring is 1. The molecule has 0 bridgehead atoms. The first kappa shape index (κ1) is 11.0. The summed E-state index contributed by atoms with van der Waals surface area (Å²) in [7, 11) is 0. The van der Waals surface area contributed by atoms with Crippen molar-refractivity contribution in [3.63, 3.8) is 0 Å². The number of rotatable bonds is 2. The maximum Gasteiger partial charge on any atom is 0.135 e. The first-order valence-corrected chi connectivity index (χ1v) is 5.20. The zero-order valence-corrected chi connectivity index (χ0v) is 9.63. The smallest absolute Gasteiger partial charge is 0.135 e. The molecule has 2 rings (SSSR count). The fraction of sp³-hybridized carbons (Fsp3) is 0. The van der Waals surface area contributed by atoms with E-state index < -0.39 is 0 Å². The quantitative estimate of drug-likeness (QED) is 0.865. The molecule has 4 nitrogen and oxygen atoms in total. The van der Waals surface area contributed by atoms with Gasteiger partial charge in [0, 0.05) is 11.1 Å². The van der Waals surface area contributed by atoms with Crippen LogP contribution in [0.3, 0.4) is 0 Å². The summed E-state index contributed by atoms with van der Waals surface area (Å²) in [6.07, 6.45) is 1.37. The second-order valence-corrected chi connectivity index (χ2v) is 3.92. The highest BCUT2D eigenvalue weighted by Crippen LogP contribution is 2.27. The molecule has 0 saturated carbocycles. The van der Waals surface area contributed by atoms with Crippen LogP contribution in [0.15, 0.2) is 30.6 Å². The standard InChI is InChI=1S/C10H8Cl2N4/c11-6-1-2-7(12)8(3-6)16-10-4-9(13)14-5-15-10/h1-5H,(H3,13,14,15,16). The Hall–Kier alpha value is -1.52. The van der Waals surface area contributed by atoms with E-state index in [4.69, 9.17) is 28.9 Å². The summed E-state index contributed by atoms with van der Waals surface area (Å²) >= 11 is 11.8. The fourth-order valence-electron chi connectivity index (χ4n) is 1.17. The molecule has 0 aliphatic heterocycles. The molecule has 0 aliphatic carbocycles. The van der Waals surface area contributed by atoms with Crippen molar-refractivity contribution in [3.05, 3.63) is 40.6 Å². The van der Waals surface area contributed by atoms with E-state index >= 15 is 0 Å². The van der Waals surface area contributed by atoms with Crippen LogP contribution in [0.2, 0.25) is 10.0 Å². The first-order chi connectivity index (χ1) is 7.65. The van der Waals surface area contributed by atoms with Gasteiger partial charge in [0.15, 0.2) is 0 Å². The maximum atomic E-state index is 5.99. The van der Waals surface area contributed by atoms with Crippen LogP contribution in [0, 0.1) is 0 Å². The van der Waals surface area contributed by atoms with Crippen LogP contribution in [0.25, 0.3) is 0 Å². The van der Waals surface area contributed by atoms with Gasteiger partial charge in [-0.25, -0.2) is 9.97 Å². The molecule has 6 heteroatoms. The number of anilines is 3.